The summed E-state index contributed by atoms with van der Waals surface area (Å²) in [6.45, 7) is 6.84. The van der Waals surface area contributed by atoms with E-state index in [4.69, 9.17) is 14.3 Å². The van der Waals surface area contributed by atoms with E-state index in [0.717, 1.165) is 30.7 Å². The summed E-state index contributed by atoms with van der Waals surface area (Å²) in [6.07, 6.45) is 3.32. The number of halogens is 1. The minimum absolute atomic E-state index is 0. The minimum Gasteiger partial charge on any atom is -0.469 e. The molecule has 4 N–H and O–H groups in total. The fraction of sp³-hybridized carbons (Fsp3) is 0.476. The van der Waals surface area contributed by atoms with Gasteiger partial charge in [-0.1, -0.05) is 26.0 Å². The van der Waals surface area contributed by atoms with Crippen molar-refractivity contribution in [1.29, 1.82) is 0 Å². The van der Waals surface area contributed by atoms with Crippen LogP contribution in [0, 0.1) is 5.41 Å². The Labute approximate surface area is 202 Å². The van der Waals surface area contributed by atoms with Crippen molar-refractivity contribution in [2.24, 2.45) is 15.5 Å². The van der Waals surface area contributed by atoms with E-state index in [9.17, 15) is 8.42 Å². The number of methoxy groups -OCH3 is 1. The van der Waals surface area contributed by atoms with E-state index in [1.54, 1.807) is 25.5 Å². The minimum atomic E-state index is -3.70. The van der Waals surface area contributed by atoms with Gasteiger partial charge in [-0.2, -0.15) is 0 Å². The number of furan rings is 1. The average Bonchev–Trinajstić information content (AvgIpc) is 3.21. The van der Waals surface area contributed by atoms with Crippen LogP contribution in [-0.4, -0.2) is 41.2 Å². The van der Waals surface area contributed by atoms with Crippen LogP contribution >= 0.6 is 24.0 Å². The van der Waals surface area contributed by atoms with Gasteiger partial charge >= 0.3 is 0 Å². The average molecular weight is 564 g/mol. The Morgan fingerprint density at radius 2 is 1.90 bits per heavy atom. The fourth-order valence-corrected chi connectivity index (χ4v) is 3.19. The first-order valence-corrected chi connectivity index (χ1v) is 11.4. The maximum absolute atomic E-state index is 11.4. The SMILES string of the molecule is COCCC(C)(C)CNC(=NCc1ccc(S(N)(=O)=O)cc1)NCCc1ccco1.I. The zero-order valence-electron chi connectivity index (χ0n) is 18.3. The van der Waals surface area contributed by atoms with Gasteiger partial charge in [0.15, 0.2) is 5.96 Å². The molecule has 8 nitrogen and oxygen atoms in total. The monoisotopic (exact) mass is 564 g/mol. The molecule has 10 heteroatoms. The number of primary sulfonamides is 1. The van der Waals surface area contributed by atoms with Gasteiger partial charge in [0.2, 0.25) is 10.0 Å². The summed E-state index contributed by atoms with van der Waals surface area (Å²) in [5.41, 5.74) is 0.921. The molecule has 0 fully saturated rings. The molecule has 0 amide bonds. The summed E-state index contributed by atoms with van der Waals surface area (Å²) in [4.78, 5) is 4.73. The van der Waals surface area contributed by atoms with Crippen LogP contribution in [0.15, 0.2) is 57.0 Å². The van der Waals surface area contributed by atoms with E-state index in [0.29, 0.717) is 25.7 Å². The third-order valence-electron chi connectivity index (χ3n) is 4.63. The van der Waals surface area contributed by atoms with Gasteiger partial charge in [0.1, 0.15) is 5.76 Å². The number of sulfonamides is 1. The zero-order valence-corrected chi connectivity index (χ0v) is 21.4. The molecule has 2 rings (SSSR count). The molecular formula is C21H33IN4O4S. The molecule has 0 atom stereocenters. The van der Waals surface area contributed by atoms with Gasteiger partial charge in [0.25, 0.3) is 0 Å². The summed E-state index contributed by atoms with van der Waals surface area (Å²) in [7, 11) is -1.99. The second-order valence-electron chi connectivity index (χ2n) is 7.87. The maximum atomic E-state index is 11.4. The number of hydrogen-bond acceptors (Lipinski definition) is 5. The maximum Gasteiger partial charge on any atom is 0.238 e. The molecule has 0 unspecified atom stereocenters. The van der Waals surface area contributed by atoms with Crippen LogP contribution in [0.2, 0.25) is 0 Å². The number of nitrogens with two attached hydrogens (primary N) is 1. The van der Waals surface area contributed by atoms with Gasteiger partial charge < -0.3 is 19.8 Å². The van der Waals surface area contributed by atoms with Crippen molar-refractivity contribution in [2.75, 3.05) is 26.8 Å². The molecule has 0 bridgehead atoms. The Balaban J connectivity index is 0.00000480. The highest BCUT2D eigenvalue weighted by atomic mass is 127. The Bertz CT molecular complexity index is 898. The fourth-order valence-electron chi connectivity index (χ4n) is 2.68. The molecule has 0 radical (unpaired) electrons. The lowest BCUT2D eigenvalue weighted by molar-refractivity contribution is 0.153. The van der Waals surface area contributed by atoms with E-state index in [2.05, 4.69) is 29.5 Å². The van der Waals surface area contributed by atoms with Crippen LogP contribution < -0.4 is 15.8 Å². The zero-order chi connectivity index (χ0) is 22.0. The Morgan fingerprint density at radius 1 is 1.19 bits per heavy atom. The van der Waals surface area contributed by atoms with Crippen LogP contribution in [0.4, 0.5) is 0 Å². The topological polar surface area (TPSA) is 119 Å². The first-order chi connectivity index (χ1) is 14.2. The second kappa shape index (κ2) is 13.0. The molecule has 0 saturated carbocycles. The summed E-state index contributed by atoms with van der Waals surface area (Å²) in [5, 5.41) is 11.9. The Morgan fingerprint density at radius 3 is 2.48 bits per heavy atom. The summed E-state index contributed by atoms with van der Waals surface area (Å²) in [6, 6.07) is 10.2. The predicted molar refractivity (Wildman–Crippen MR) is 133 cm³/mol. The summed E-state index contributed by atoms with van der Waals surface area (Å²) in [5.74, 6) is 1.59. The summed E-state index contributed by atoms with van der Waals surface area (Å²) >= 11 is 0. The lowest BCUT2D eigenvalue weighted by Crippen LogP contribution is -2.43. The lowest BCUT2D eigenvalue weighted by atomic mass is 9.90. The number of ether oxygens (including phenoxy) is 1. The number of benzene rings is 1. The van der Waals surface area contributed by atoms with Crippen molar-refractivity contribution in [3.05, 3.63) is 54.0 Å². The number of guanidine groups is 1. The molecule has 174 valence electrons. The molecule has 0 aliphatic rings. The second-order valence-corrected chi connectivity index (χ2v) is 9.43. The highest BCUT2D eigenvalue weighted by molar-refractivity contribution is 14.0. The molecule has 0 spiro atoms. The number of aliphatic imine (C=N–C) groups is 1. The molecular weight excluding hydrogens is 531 g/mol. The standard InChI is InChI=1S/C21H32N4O4S.HI/c1-21(2,11-14-28-3)16-25-20(23-12-10-18-5-4-13-29-18)24-15-17-6-8-19(9-7-17)30(22,26)27;/h4-9,13H,10-12,14-16H2,1-3H3,(H2,22,26,27)(H2,23,24,25);1H. The molecule has 2 aromatic rings. The van der Waals surface area contributed by atoms with Gasteiger partial charge in [-0.3, -0.25) is 0 Å². The van der Waals surface area contributed by atoms with E-state index in [1.165, 1.54) is 12.1 Å². The molecule has 1 aromatic carbocycles. The quantitative estimate of drug-likeness (QED) is 0.220. The number of rotatable bonds is 11. The van der Waals surface area contributed by atoms with Crippen molar-refractivity contribution in [2.45, 2.75) is 38.1 Å². The van der Waals surface area contributed by atoms with E-state index in [1.807, 2.05) is 12.1 Å². The van der Waals surface area contributed by atoms with E-state index >= 15 is 0 Å². The van der Waals surface area contributed by atoms with E-state index in [-0.39, 0.29) is 34.3 Å². The molecule has 0 aliphatic heterocycles. The smallest absolute Gasteiger partial charge is 0.238 e. The van der Waals surface area contributed by atoms with Crippen LogP contribution in [0.5, 0.6) is 0 Å². The van der Waals surface area contributed by atoms with Crippen molar-refractivity contribution in [3.8, 4) is 0 Å². The van der Waals surface area contributed by atoms with Crippen molar-refractivity contribution in [3.63, 3.8) is 0 Å². The third-order valence-corrected chi connectivity index (χ3v) is 5.56. The number of nitrogens with zero attached hydrogens (tertiary/aromatic N) is 1. The Hall–Kier alpha value is -1.63. The predicted octanol–water partition coefficient (Wildman–Crippen LogP) is 2.89. The molecule has 0 aliphatic carbocycles. The normalized spacial score (nSPS) is 12.3. The van der Waals surface area contributed by atoms with Gasteiger partial charge in [-0.25, -0.2) is 18.5 Å². The van der Waals surface area contributed by atoms with Crippen molar-refractivity contribution < 1.29 is 17.6 Å². The third kappa shape index (κ3) is 10.5. The van der Waals surface area contributed by atoms with Crippen molar-refractivity contribution >= 4 is 40.0 Å². The Kier molecular flexibility index (Phi) is 11.5. The van der Waals surface area contributed by atoms with Crippen LogP contribution in [-0.2, 0) is 27.7 Å². The first kappa shape index (κ1) is 27.4. The highest BCUT2D eigenvalue weighted by Crippen LogP contribution is 2.18. The van der Waals surface area contributed by atoms with Gasteiger partial charge in [0, 0.05) is 33.2 Å². The number of hydrogen-bond donors (Lipinski definition) is 3. The van der Waals surface area contributed by atoms with Crippen molar-refractivity contribution in [1.82, 2.24) is 10.6 Å². The largest absolute Gasteiger partial charge is 0.469 e. The first-order valence-electron chi connectivity index (χ1n) is 9.85. The molecule has 1 aromatic heterocycles. The van der Waals surface area contributed by atoms with Crippen LogP contribution in [0.25, 0.3) is 0 Å². The summed E-state index contributed by atoms with van der Waals surface area (Å²) < 4.78 is 33.3. The molecule has 0 saturated heterocycles. The molecule has 1 heterocycles. The lowest BCUT2D eigenvalue weighted by Gasteiger charge is -2.26. The van der Waals surface area contributed by atoms with E-state index < -0.39 is 10.0 Å². The van der Waals surface area contributed by atoms with Crippen LogP contribution in [0.1, 0.15) is 31.6 Å². The molecule has 31 heavy (non-hydrogen) atoms. The van der Waals surface area contributed by atoms with Gasteiger partial charge in [-0.05, 0) is 41.7 Å². The van der Waals surface area contributed by atoms with Gasteiger partial charge in [0.05, 0.1) is 17.7 Å². The van der Waals surface area contributed by atoms with Crippen LogP contribution in [0.3, 0.4) is 0 Å². The highest BCUT2D eigenvalue weighted by Gasteiger charge is 2.18. The van der Waals surface area contributed by atoms with Gasteiger partial charge in [-0.15, -0.1) is 24.0 Å². The number of nitrogens with one attached hydrogen (secondary N) is 2.